The molecule has 4 rings (SSSR count). The van der Waals surface area contributed by atoms with E-state index in [4.69, 9.17) is 16.0 Å². The molecule has 4 nitrogen and oxygen atoms in total. The largest absolute Gasteiger partial charge is 0.431 e. The number of thioether (sulfide) groups is 1. The number of hydrogen-bond acceptors (Lipinski definition) is 5. The van der Waals surface area contributed by atoms with Crippen LogP contribution in [0, 0.1) is 0 Å². The van der Waals surface area contributed by atoms with E-state index in [0.29, 0.717) is 15.8 Å². The zero-order valence-electron chi connectivity index (χ0n) is 14.1. The Kier molecular flexibility index (Phi) is 5.48. The molecule has 0 saturated carbocycles. The minimum absolute atomic E-state index is 0.0810. The van der Waals surface area contributed by atoms with Crippen LogP contribution in [0.25, 0.3) is 11.1 Å². The maximum Gasteiger partial charge on any atom is 0.257 e. The van der Waals surface area contributed by atoms with E-state index in [2.05, 4.69) is 10.3 Å². The van der Waals surface area contributed by atoms with E-state index < -0.39 is 0 Å². The van der Waals surface area contributed by atoms with Crippen molar-refractivity contribution in [1.29, 1.82) is 0 Å². The lowest BCUT2D eigenvalue weighted by atomic mass is 10.1. The average Bonchev–Trinajstić information content (AvgIpc) is 3.34. The number of halogens is 1. The Hall–Kier alpha value is -2.28. The molecule has 0 fully saturated rings. The SMILES string of the molecule is O=C(CSc1nc2ccc(Cl)cc2o1)N[C@@H](c1ccccc1)c1cccs1. The molecule has 4 aromatic rings. The van der Waals surface area contributed by atoms with Crippen molar-refractivity contribution in [2.45, 2.75) is 11.3 Å². The second-order valence-electron chi connectivity index (χ2n) is 5.81. The van der Waals surface area contributed by atoms with E-state index in [1.165, 1.54) is 11.8 Å². The lowest BCUT2D eigenvalue weighted by Gasteiger charge is -2.17. The number of amides is 1. The summed E-state index contributed by atoms with van der Waals surface area (Å²) < 4.78 is 5.65. The van der Waals surface area contributed by atoms with Crippen LogP contribution in [0.1, 0.15) is 16.5 Å². The fraction of sp³-hybridized carbons (Fsp3) is 0.100. The van der Waals surface area contributed by atoms with E-state index in [0.717, 1.165) is 16.0 Å². The highest BCUT2D eigenvalue weighted by atomic mass is 35.5. The van der Waals surface area contributed by atoms with E-state index in [9.17, 15) is 4.79 Å². The van der Waals surface area contributed by atoms with Crippen molar-refractivity contribution in [2.75, 3.05) is 5.75 Å². The first-order valence-electron chi connectivity index (χ1n) is 8.25. The normalized spacial score (nSPS) is 12.2. The Morgan fingerprint density at radius 1 is 1.19 bits per heavy atom. The highest BCUT2D eigenvalue weighted by molar-refractivity contribution is 7.99. The van der Waals surface area contributed by atoms with Gasteiger partial charge >= 0.3 is 0 Å². The number of nitrogens with zero attached hydrogens (tertiary/aromatic N) is 1. The molecule has 1 atom stereocenters. The van der Waals surface area contributed by atoms with Crippen molar-refractivity contribution in [1.82, 2.24) is 10.3 Å². The van der Waals surface area contributed by atoms with E-state index in [-0.39, 0.29) is 17.7 Å². The standard InChI is InChI=1S/C20H15ClN2O2S2/c21-14-8-9-15-16(11-14)25-20(22-15)27-12-18(24)23-19(17-7-4-10-26-17)13-5-2-1-3-6-13/h1-11,19H,12H2,(H,23,24)/t19-/m0/s1. The van der Waals surface area contributed by atoms with Crippen LogP contribution in [0.5, 0.6) is 0 Å². The molecule has 2 heterocycles. The molecule has 27 heavy (non-hydrogen) atoms. The van der Waals surface area contributed by atoms with E-state index in [1.807, 2.05) is 47.8 Å². The zero-order chi connectivity index (χ0) is 18.6. The second kappa shape index (κ2) is 8.17. The van der Waals surface area contributed by atoms with Crippen LogP contribution in [-0.2, 0) is 4.79 Å². The molecule has 0 aliphatic rings. The van der Waals surface area contributed by atoms with Crippen molar-refractivity contribution in [3.63, 3.8) is 0 Å². The molecule has 2 aromatic heterocycles. The Labute approximate surface area is 169 Å². The number of rotatable bonds is 6. The van der Waals surface area contributed by atoms with Gasteiger partial charge < -0.3 is 9.73 Å². The Morgan fingerprint density at radius 2 is 2.04 bits per heavy atom. The van der Waals surface area contributed by atoms with Gasteiger partial charge in [-0.05, 0) is 29.1 Å². The average molecular weight is 415 g/mol. The number of carbonyl (C=O) groups excluding carboxylic acids is 1. The summed E-state index contributed by atoms with van der Waals surface area (Å²) in [5.74, 6) is 0.137. The third-order valence-corrected chi connectivity index (χ3v) is 5.92. The van der Waals surface area contributed by atoms with Crippen molar-refractivity contribution < 1.29 is 9.21 Å². The first kappa shape index (κ1) is 18.1. The van der Waals surface area contributed by atoms with Crippen molar-refractivity contribution in [3.8, 4) is 0 Å². The number of benzene rings is 2. The first-order chi connectivity index (χ1) is 13.2. The monoisotopic (exact) mass is 414 g/mol. The number of aromatic nitrogens is 1. The summed E-state index contributed by atoms with van der Waals surface area (Å²) in [6, 6.07) is 19.1. The maximum absolute atomic E-state index is 12.5. The zero-order valence-corrected chi connectivity index (χ0v) is 16.5. The summed E-state index contributed by atoms with van der Waals surface area (Å²) in [6.45, 7) is 0. The highest BCUT2D eigenvalue weighted by Crippen LogP contribution is 2.28. The summed E-state index contributed by atoms with van der Waals surface area (Å²) in [4.78, 5) is 18.0. The number of thiophene rings is 1. The molecule has 1 N–H and O–H groups in total. The molecule has 0 aliphatic heterocycles. The van der Waals surface area contributed by atoms with Gasteiger partial charge in [-0.15, -0.1) is 11.3 Å². The molecule has 2 aromatic carbocycles. The van der Waals surface area contributed by atoms with E-state index >= 15 is 0 Å². The Morgan fingerprint density at radius 3 is 2.81 bits per heavy atom. The molecular weight excluding hydrogens is 400 g/mol. The summed E-state index contributed by atoms with van der Waals surface area (Å²) in [6.07, 6.45) is 0. The van der Waals surface area contributed by atoms with Crippen LogP contribution in [0.15, 0.2) is 75.7 Å². The molecule has 136 valence electrons. The smallest absolute Gasteiger partial charge is 0.257 e. The van der Waals surface area contributed by atoms with Gasteiger partial charge in [-0.25, -0.2) is 4.98 Å². The molecule has 7 heteroatoms. The fourth-order valence-electron chi connectivity index (χ4n) is 2.69. The van der Waals surface area contributed by atoms with Crippen molar-refractivity contribution >= 4 is 51.7 Å². The lowest BCUT2D eigenvalue weighted by molar-refractivity contribution is -0.119. The predicted molar refractivity (Wildman–Crippen MR) is 110 cm³/mol. The van der Waals surface area contributed by atoms with Gasteiger partial charge in [-0.1, -0.05) is 59.8 Å². The number of oxazole rings is 1. The number of fused-ring (bicyclic) bond motifs is 1. The maximum atomic E-state index is 12.5. The number of carbonyl (C=O) groups is 1. The number of nitrogens with one attached hydrogen (secondary N) is 1. The third kappa shape index (κ3) is 4.35. The molecule has 0 saturated heterocycles. The summed E-state index contributed by atoms with van der Waals surface area (Å²) in [5.41, 5.74) is 2.39. The fourth-order valence-corrected chi connectivity index (χ4v) is 4.30. The minimum Gasteiger partial charge on any atom is -0.431 e. The van der Waals surface area contributed by atoms with Gasteiger partial charge in [-0.3, -0.25) is 4.79 Å². The van der Waals surface area contributed by atoms with Gasteiger partial charge in [0.2, 0.25) is 5.91 Å². The highest BCUT2D eigenvalue weighted by Gasteiger charge is 2.18. The molecule has 0 unspecified atom stereocenters. The van der Waals surface area contributed by atoms with Crippen molar-refractivity contribution in [2.24, 2.45) is 0 Å². The van der Waals surface area contributed by atoms with Crippen LogP contribution in [0.2, 0.25) is 5.02 Å². The summed E-state index contributed by atoms with van der Waals surface area (Å²) in [7, 11) is 0. The molecule has 0 spiro atoms. The molecular formula is C20H15ClN2O2S2. The topological polar surface area (TPSA) is 55.1 Å². The Balaban J connectivity index is 1.45. The molecule has 1 amide bonds. The van der Waals surface area contributed by atoms with Crippen molar-refractivity contribution in [3.05, 3.63) is 81.5 Å². The Bertz CT molecular complexity index is 1050. The van der Waals surface area contributed by atoms with Crippen LogP contribution in [0.3, 0.4) is 0 Å². The van der Waals surface area contributed by atoms with Gasteiger partial charge in [0.15, 0.2) is 5.58 Å². The summed E-state index contributed by atoms with van der Waals surface area (Å²) in [5, 5.41) is 6.16. The molecule has 0 radical (unpaired) electrons. The molecule has 0 aliphatic carbocycles. The quantitative estimate of drug-likeness (QED) is 0.421. The van der Waals surface area contributed by atoms with Crippen LogP contribution < -0.4 is 5.32 Å². The van der Waals surface area contributed by atoms with Crippen LogP contribution in [-0.4, -0.2) is 16.6 Å². The molecule has 0 bridgehead atoms. The van der Waals surface area contributed by atoms with Gasteiger partial charge in [0, 0.05) is 16.0 Å². The minimum atomic E-state index is -0.165. The van der Waals surface area contributed by atoms with Gasteiger partial charge in [0.05, 0.1) is 11.8 Å². The van der Waals surface area contributed by atoms with E-state index in [1.54, 1.807) is 29.5 Å². The van der Waals surface area contributed by atoms with Gasteiger partial charge in [0.1, 0.15) is 5.52 Å². The van der Waals surface area contributed by atoms with Gasteiger partial charge in [0.25, 0.3) is 5.22 Å². The van der Waals surface area contributed by atoms with Crippen LogP contribution in [0.4, 0.5) is 0 Å². The predicted octanol–water partition coefficient (Wildman–Crippen LogP) is 5.54. The lowest BCUT2D eigenvalue weighted by Crippen LogP contribution is -2.30. The first-order valence-corrected chi connectivity index (χ1v) is 10.5. The summed E-state index contributed by atoms with van der Waals surface area (Å²) >= 11 is 8.85. The number of hydrogen-bond donors (Lipinski definition) is 1. The third-order valence-electron chi connectivity index (χ3n) is 3.92. The van der Waals surface area contributed by atoms with Gasteiger partial charge in [-0.2, -0.15) is 0 Å². The second-order valence-corrected chi connectivity index (χ2v) is 8.15. The van der Waals surface area contributed by atoms with Crippen LogP contribution >= 0.6 is 34.7 Å².